The van der Waals surface area contributed by atoms with E-state index in [0.717, 1.165) is 24.8 Å². The van der Waals surface area contributed by atoms with E-state index in [1.165, 1.54) is 0 Å². The van der Waals surface area contributed by atoms with Crippen molar-refractivity contribution in [2.75, 3.05) is 13.2 Å². The van der Waals surface area contributed by atoms with Crippen molar-refractivity contribution in [1.29, 1.82) is 0 Å². The molecule has 1 fully saturated rings. The minimum absolute atomic E-state index is 0.169. The highest BCUT2D eigenvalue weighted by Gasteiger charge is 2.37. The van der Waals surface area contributed by atoms with Gasteiger partial charge in [0.25, 0.3) is 0 Å². The summed E-state index contributed by atoms with van der Waals surface area (Å²) in [5, 5.41) is 0. The van der Waals surface area contributed by atoms with Gasteiger partial charge in [-0.3, -0.25) is 0 Å². The maximum atomic E-state index is 12.8. The van der Waals surface area contributed by atoms with Crippen LogP contribution < -0.4 is 10.5 Å². The molecule has 1 aromatic rings. The zero-order chi connectivity index (χ0) is 15.5. The topological polar surface area (TPSA) is 72.6 Å². The summed E-state index contributed by atoms with van der Waals surface area (Å²) < 4.78 is 32.7. The molecule has 1 aliphatic carbocycles. The van der Waals surface area contributed by atoms with Gasteiger partial charge in [-0.05, 0) is 44.4 Å². The van der Waals surface area contributed by atoms with Crippen LogP contribution in [0.3, 0.4) is 0 Å². The van der Waals surface area contributed by atoms with Gasteiger partial charge in [0.1, 0.15) is 5.75 Å². The Bertz CT molecular complexity index is 583. The van der Waals surface area contributed by atoms with Crippen LogP contribution in [0.15, 0.2) is 23.1 Å². The predicted octanol–water partition coefficient (Wildman–Crippen LogP) is 2.11. The lowest BCUT2D eigenvalue weighted by atomic mass is 10.2. The zero-order valence-electron chi connectivity index (χ0n) is 12.7. The number of ether oxygens (including phenoxy) is 1. The van der Waals surface area contributed by atoms with Gasteiger partial charge in [0.2, 0.25) is 10.0 Å². The maximum Gasteiger partial charge on any atom is 0.243 e. The molecule has 21 heavy (non-hydrogen) atoms. The molecule has 0 amide bonds. The van der Waals surface area contributed by atoms with E-state index in [1.54, 1.807) is 22.5 Å². The third kappa shape index (κ3) is 3.56. The van der Waals surface area contributed by atoms with E-state index in [-0.39, 0.29) is 12.6 Å². The Morgan fingerprint density at radius 1 is 1.33 bits per heavy atom. The molecular weight excluding hydrogens is 288 g/mol. The smallest absolute Gasteiger partial charge is 0.243 e. The van der Waals surface area contributed by atoms with Crippen LogP contribution >= 0.6 is 0 Å². The minimum Gasteiger partial charge on any atom is -0.494 e. The van der Waals surface area contributed by atoms with E-state index in [4.69, 9.17) is 10.5 Å². The molecule has 6 heteroatoms. The van der Waals surface area contributed by atoms with Crippen LogP contribution in [0.4, 0.5) is 0 Å². The molecule has 0 saturated heterocycles. The first kappa shape index (κ1) is 16.3. The molecule has 2 N–H and O–H groups in total. The number of rotatable bonds is 8. The van der Waals surface area contributed by atoms with Crippen molar-refractivity contribution in [2.24, 2.45) is 5.73 Å². The summed E-state index contributed by atoms with van der Waals surface area (Å²) in [6, 6.07) is 5.13. The molecular formula is C15H24N2O3S. The van der Waals surface area contributed by atoms with Crippen LogP contribution in [0, 0.1) is 0 Å². The van der Waals surface area contributed by atoms with Crippen LogP contribution in [0.25, 0.3) is 0 Å². The lowest BCUT2D eigenvalue weighted by Gasteiger charge is -2.22. The van der Waals surface area contributed by atoms with E-state index in [0.29, 0.717) is 23.8 Å². The van der Waals surface area contributed by atoms with Crippen molar-refractivity contribution in [1.82, 2.24) is 4.31 Å². The van der Waals surface area contributed by atoms with E-state index in [9.17, 15) is 8.42 Å². The quantitative estimate of drug-likeness (QED) is 0.798. The second kappa shape index (κ2) is 6.77. The summed E-state index contributed by atoms with van der Waals surface area (Å²) in [6.07, 6.45) is 2.73. The first-order valence-electron chi connectivity index (χ1n) is 7.52. The third-order valence-corrected chi connectivity index (χ3v) is 5.50. The summed E-state index contributed by atoms with van der Waals surface area (Å²) in [5.41, 5.74) is 6.44. The van der Waals surface area contributed by atoms with Crippen molar-refractivity contribution in [3.8, 4) is 5.75 Å². The van der Waals surface area contributed by atoms with Crippen LogP contribution in [-0.4, -0.2) is 31.9 Å². The molecule has 0 aromatic heterocycles. The standard InChI is InChI=1S/C15H24N2O3S/c1-3-9-17(13-5-6-13)21(18,19)14-7-8-15(20-4-2)12(10-14)11-16/h7-8,10,13H,3-6,9,11,16H2,1-2H3. The van der Waals surface area contributed by atoms with Gasteiger partial charge in [-0.2, -0.15) is 4.31 Å². The fourth-order valence-corrected chi connectivity index (χ4v) is 4.22. The monoisotopic (exact) mass is 312 g/mol. The van der Waals surface area contributed by atoms with Gasteiger partial charge >= 0.3 is 0 Å². The lowest BCUT2D eigenvalue weighted by molar-refractivity contribution is 0.336. The molecule has 1 aromatic carbocycles. The Morgan fingerprint density at radius 2 is 2.05 bits per heavy atom. The van der Waals surface area contributed by atoms with Gasteiger partial charge < -0.3 is 10.5 Å². The molecule has 0 radical (unpaired) electrons. The number of nitrogens with zero attached hydrogens (tertiary/aromatic N) is 1. The van der Waals surface area contributed by atoms with Crippen LogP contribution in [0.1, 0.15) is 38.7 Å². The Kier molecular flexibility index (Phi) is 5.24. The number of nitrogens with two attached hydrogens (primary N) is 1. The highest BCUT2D eigenvalue weighted by Crippen LogP contribution is 2.33. The van der Waals surface area contributed by atoms with Crippen molar-refractivity contribution in [2.45, 2.75) is 50.6 Å². The van der Waals surface area contributed by atoms with Crippen LogP contribution in [0.2, 0.25) is 0 Å². The van der Waals surface area contributed by atoms with Gasteiger partial charge in [0.15, 0.2) is 0 Å². The summed E-state index contributed by atoms with van der Waals surface area (Å²) in [6.45, 7) is 5.24. The highest BCUT2D eigenvalue weighted by molar-refractivity contribution is 7.89. The molecule has 0 bridgehead atoms. The molecule has 0 aliphatic heterocycles. The number of sulfonamides is 1. The lowest BCUT2D eigenvalue weighted by Crippen LogP contribution is -2.33. The Labute approximate surface area is 127 Å². The average molecular weight is 312 g/mol. The van der Waals surface area contributed by atoms with Gasteiger partial charge in [-0.25, -0.2) is 8.42 Å². The first-order chi connectivity index (χ1) is 10.0. The number of hydrogen-bond donors (Lipinski definition) is 1. The van der Waals surface area contributed by atoms with Crippen LogP contribution in [0.5, 0.6) is 5.75 Å². The Balaban J connectivity index is 2.34. The summed E-state index contributed by atoms with van der Waals surface area (Å²) >= 11 is 0. The molecule has 0 atom stereocenters. The zero-order valence-corrected chi connectivity index (χ0v) is 13.5. The van der Waals surface area contributed by atoms with Gasteiger partial charge in [0.05, 0.1) is 11.5 Å². The normalized spacial score (nSPS) is 15.4. The second-order valence-corrected chi connectivity index (χ2v) is 7.14. The van der Waals surface area contributed by atoms with E-state index >= 15 is 0 Å². The summed E-state index contributed by atoms with van der Waals surface area (Å²) in [7, 11) is -3.44. The van der Waals surface area contributed by atoms with Crippen molar-refractivity contribution >= 4 is 10.0 Å². The van der Waals surface area contributed by atoms with Crippen molar-refractivity contribution < 1.29 is 13.2 Å². The van der Waals surface area contributed by atoms with E-state index < -0.39 is 10.0 Å². The SMILES string of the molecule is CCCN(C1CC1)S(=O)(=O)c1ccc(OCC)c(CN)c1. The maximum absolute atomic E-state index is 12.8. The molecule has 0 spiro atoms. The first-order valence-corrected chi connectivity index (χ1v) is 8.96. The average Bonchev–Trinajstić information content (AvgIpc) is 3.29. The molecule has 2 rings (SSSR count). The predicted molar refractivity (Wildman–Crippen MR) is 82.7 cm³/mol. The summed E-state index contributed by atoms with van der Waals surface area (Å²) in [5.74, 6) is 0.660. The largest absolute Gasteiger partial charge is 0.494 e. The molecule has 1 aliphatic rings. The van der Waals surface area contributed by atoms with E-state index in [2.05, 4.69) is 0 Å². The Morgan fingerprint density at radius 3 is 2.57 bits per heavy atom. The van der Waals surface area contributed by atoms with Crippen LogP contribution in [-0.2, 0) is 16.6 Å². The number of hydrogen-bond acceptors (Lipinski definition) is 4. The molecule has 0 heterocycles. The molecule has 118 valence electrons. The van der Waals surface area contributed by atoms with Gasteiger partial charge in [-0.15, -0.1) is 0 Å². The van der Waals surface area contributed by atoms with Gasteiger partial charge in [-0.1, -0.05) is 6.92 Å². The Hall–Kier alpha value is -1.11. The van der Waals surface area contributed by atoms with E-state index in [1.807, 2.05) is 13.8 Å². The fraction of sp³-hybridized carbons (Fsp3) is 0.600. The second-order valence-electron chi connectivity index (χ2n) is 5.25. The fourth-order valence-electron chi connectivity index (χ4n) is 2.39. The molecule has 5 nitrogen and oxygen atoms in total. The minimum atomic E-state index is -3.44. The number of benzene rings is 1. The third-order valence-electron chi connectivity index (χ3n) is 3.56. The highest BCUT2D eigenvalue weighted by atomic mass is 32.2. The molecule has 0 unspecified atom stereocenters. The van der Waals surface area contributed by atoms with Gasteiger partial charge in [0, 0.05) is 24.7 Å². The van der Waals surface area contributed by atoms with Crippen molar-refractivity contribution in [3.05, 3.63) is 23.8 Å². The van der Waals surface area contributed by atoms with Crippen molar-refractivity contribution in [3.63, 3.8) is 0 Å². The summed E-state index contributed by atoms with van der Waals surface area (Å²) in [4.78, 5) is 0.312. The molecule has 1 saturated carbocycles.